The van der Waals surface area contributed by atoms with E-state index in [1.165, 1.54) is 0 Å². The van der Waals surface area contributed by atoms with Crippen molar-refractivity contribution in [3.05, 3.63) is 71.8 Å². The number of nitrogens with one attached hydrogen (secondary N) is 1. The molecule has 0 atom stereocenters. The summed E-state index contributed by atoms with van der Waals surface area (Å²) in [6.07, 6.45) is -0.366. The molecule has 0 heterocycles. The quantitative estimate of drug-likeness (QED) is 0.818. The summed E-state index contributed by atoms with van der Waals surface area (Å²) in [6.45, 7) is 2.93. The van der Waals surface area contributed by atoms with Gasteiger partial charge in [-0.1, -0.05) is 60.7 Å². The molecule has 0 bridgehead atoms. The van der Waals surface area contributed by atoms with Crippen LogP contribution in [0, 0.1) is 0 Å². The summed E-state index contributed by atoms with van der Waals surface area (Å²) in [5.41, 5.74) is 6.05. The van der Waals surface area contributed by atoms with E-state index >= 15 is 0 Å². The first kappa shape index (κ1) is 17.7. The average molecular weight is 326 g/mol. The molecule has 0 spiro atoms. The SMILES string of the molecule is CC(C)(NC(=O)COC(c1ccccc1)c1ccccc1)C(N)=O. The van der Waals surface area contributed by atoms with Crippen LogP contribution in [0.15, 0.2) is 60.7 Å². The lowest BCUT2D eigenvalue weighted by atomic mass is 10.0. The van der Waals surface area contributed by atoms with Crippen LogP contribution >= 0.6 is 0 Å². The van der Waals surface area contributed by atoms with Gasteiger partial charge < -0.3 is 15.8 Å². The first-order valence-corrected chi connectivity index (χ1v) is 7.72. The lowest BCUT2D eigenvalue weighted by Crippen LogP contribution is -2.53. The number of carbonyl (C=O) groups is 2. The molecule has 5 nitrogen and oxygen atoms in total. The Kier molecular flexibility index (Phi) is 5.71. The monoisotopic (exact) mass is 326 g/mol. The maximum absolute atomic E-state index is 12.1. The van der Waals surface area contributed by atoms with Gasteiger partial charge in [0.05, 0.1) is 0 Å². The second kappa shape index (κ2) is 7.75. The van der Waals surface area contributed by atoms with E-state index in [0.29, 0.717) is 0 Å². The average Bonchev–Trinajstić information content (AvgIpc) is 2.56. The smallest absolute Gasteiger partial charge is 0.246 e. The molecule has 2 aromatic rings. The van der Waals surface area contributed by atoms with Crippen molar-refractivity contribution in [2.75, 3.05) is 6.61 Å². The summed E-state index contributed by atoms with van der Waals surface area (Å²) in [6, 6.07) is 19.3. The number of benzene rings is 2. The van der Waals surface area contributed by atoms with Gasteiger partial charge in [-0.3, -0.25) is 9.59 Å². The standard InChI is InChI=1S/C19H22N2O3/c1-19(2,18(20)23)21-16(22)13-24-17(14-9-5-3-6-10-14)15-11-7-4-8-12-15/h3-12,17H,13H2,1-2H3,(H2,20,23)(H,21,22). The summed E-state index contributed by atoms with van der Waals surface area (Å²) < 4.78 is 5.84. The Balaban J connectivity index is 2.10. The van der Waals surface area contributed by atoms with Crippen LogP contribution in [0.25, 0.3) is 0 Å². The minimum absolute atomic E-state index is 0.175. The Bertz CT molecular complexity index is 645. The van der Waals surface area contributed by atoms with Gasteiger partial charge in [0.2, 0.25) is 11.8 Å². The van der Waals surface area contributed by atoms with E-state index in [2.05, 4.69) is 5.32 Å². The van der Waals surface area contributed by atoms with Gasteiger partial charge in [0.25, 0.3) is 0 Å². The van der Waals surface area contributed by atoms with Gasteiger partial charge in [-0.2, -0.15) is 0 Å². The van der Waals surface area contributed by atoms with Crippen molar-refractivity contribution in [1.29, 1.82) is 0 Å². The highest BCUT2D eigenvalue weighted by Crippen LogP contribution is 2.25. The molecule has 5 heteroatoms. The number of rotatable bonds is 7. The Labute approximate surface area is 141 Å². The molecule has 0 saturated carbocycles. The second-order valence-corrected chi connectivity index (χ2v) is 6.05. The van der Waals surface area contributed by atoms with Gasteiger partial charge in [-0.15, -0.1) is 0 Å². The molecule has 0 radical (unpaired) electrons. The van der Waals surface area contributed by atoms with Crippen molar-refractivity contribution in [2.24, 2.45) is 5.73 Å². The number of carbonyl (C=O) groups excluding carboxylic acids is 2. The van der Waals surface area contributed by atoms with E-state index in [1.807, 2.05) is 60.7 Å². The molecule has 2 amide bonds. The van der Waals surface area contributed by atoms with E-state index < -0.39 is 17.4 Å². The van der Waals surface area contributed by atoms with Crippen LogP contribution < -0.4 is 11.1 Å². The van der Waals surface area contributed by atoms with Crippen LogP contribution in [0.5, 0.6) is 0 Å². The second-order valence-electron chi connectivity index (χ2n) is 6.05. The van der Waals surface area contributed by atoms with Crippen molar-refractivity contribution >= 4 is 11.8 Å². The fourth-order valence-corrected chi connectivity index (χ4v) is 2.25. The predicted octanol–water partition coefficient (Wildman–Crippen LogP) is 2.17. The Morgan fingerprint density at radius 2 is 1.46 bits per heavy atom. The van der Waals surface area contributed by atoms with Gasteiger partial charge in [-0.25, -0.2) is 0 Å². The predicted molar refractivity (Wildman–Crippen MR) is 92.1 cm³/mol. The third kappa shape index (κ3) is 4.67. The van der Waals surface area contributed by atoms with Crippen molar-refractivity contribution in [3.8, 4) is 0 Å². The maximum atomic E-state index is 12.1. The normalized spacial score (nSPS) is 11.3. The molecule has 24 heavy (non-hydrogen) atoms. The van der Waals surface area contributed by atoms with E-state index in [1.54, 1.807) is 13.8 Å². The van der Waals surface area contributed by atoms with Crippen LogP contribution in [0.1, 0.15) is 31.1 Å². The molecule has 0 aliphatic heterocycles. The zero-order valence-corrected chi connectivity index (χ0v) is 13.9. The summed E-state index contributed by atoms with van der Waals surface area (Å²) >= 11 is 0. The Morgan fingerprint density at radius 3 is 1.88 bits per heavy atom. The lowest BCUT2D eigenvalue weighted by Gasteiger charge is -2.24. The fraction of sp³-hybridized carbons (Fsp3) is 0.263. The van der Waals surface area contributed by atoms with Crippen LogP contribution in [0.4, 0.5) is 0 Å². The minimum atomic E-state index is -1.12. The largest absolute Gasteiger partial charge is 0.368 e. The van der Waals surface area contributed by atoms with E-state index in [-0.39, 0.29) is 12.7 Å². The summed E-state index contributed by atoms with van der Waals surface area (Å²) in [7, 11) is 0. The Hall–Kier alpha value is -2.66. The summed E-state index contributed by atoms with van der Waals surface area (Å²) in [5.74, 6) is -0.991. The van der Waals surface area contributed by atoms with Crippen molar-refractivity contribution in [1.82, 2.24) is 5.32 Å². The van der Waals surface area contributed by atoms with Crippen LogP contribution in [0.3, 0.4) is 0 Å². The molecule has 126 valence electrons. The molecule has 0 aliphatic rings. The molecule has 0 unspecified atom stereocenters. The molecular weight excluding hydrogens is 304 g/mol. The van der Waals surface area contributed by atoms with Gasteiger partial charge in [0.1, 0.15) is 18.2 Å². The first-order valence-electron chi connectivity index (χ1n) is 7.72. The molecule has 2 aromatic carbocycles. The van der Waals surface area contributed by atoms with Crippen LogP contribution in [-0.4, -0.2) is 24.0 Å². The van der Waals surface area contributed by atoms with Crippen LogP contribution in [0.2, 0.25) is 0 Å². The topological polar surface area (TPSA) is 81.4 Å². The van der Waals surface area contributed by atoms with E-state index in [9.17, 15) is 9.59 Å². The highest BCUT2D eigenvalue weighted by atomic mass is 16.5. The Morgan fingerprint density at radius 1 is 1.00 bits per heavy atom. The van der Waals surface area contributed by atoms with Crippen molar-refractivity contribution < 1.29 is 14.3 Å². The number of ether oxygens (including phenoxy) is 1. The number of hydrogen-bond acceptors (Lipinski definition) is 3. The molecule has 0 saturated heterocycles. The van der Waals surface area contributed by atoms with Crippen molar-refractivity contribution in [2.45, 2.75) is 25.5 Å². The number of primary amides is 1. The highest BCUT2D eigenvalue weighted by molar-refractivity contribution is 5.89. The van der Waals surface area contributed by atoms with Crippen LogP contribution in [-0.2, 0) is 14.3 Å². The third-order valence-electron chi connectivity index (χ3n) is 3.65. The zero-order valence-electron chi connectivity index (χ0n) is 13.9. The van der Waals surface area contributed by atoms with Crippen molar-refractivity contribution in [3.63, 3.8) is 0 Å². The molecular formula is C19H22N2O3. The number of amides is 2. The zero-order chi connectivity index (χ0) is 17.6. The van der Waals surface area contributed by atoms with Gasteiger partial charge in [0, 0.05) is 0 Å². The van der Waals surface area contributed by atoms with Gasteiger partial charge >= 0.3 is 0 Å². The van der Waals surface area contributed by atoms with Gasteiger partial charge in [-0.05, 0) is 25.0 Å². The maximum Gasteiger partial charge on any atom is 0.246 e. The third-order valence-corrected chi connectivity index (χ3v) is 3.65. The van der Waals surface area contributed by atoms with Gasteiger partial charge in [0.15, 0.2) is 0 Å². The fourth-order valence-electron chi connectivity index (χ4n) is 2.25. The number of nitrogens with two attached hydrogens (primary N) is 1. The molecule has 0 aromatic heterocycles. The molecule has 3 N–H and O–H groups in total. The van der Waals surface area contributed by atoms with E-state index in [4.69, 9.17) is 10.5 Å². The summed E-state index contributed by atoms with van der Waals surface area (Å²) in [4.78, 5) is 23.4. The lowest BCUT2D eigenvalue weighted by molar-refractivity contribution is -0.133. The van der Waals surface area contributed by atoms with E-state index in [0.717, 1.165) is 11.1 Å². The molecule has 0 aliphatic carbocycles. The molecule has 2 rings (SSSR count). The molecule has 0 fully saturated rings. The minimum Gasteiger partial charge on any atom is -0.368 e. The number of hydrogen-bond donors (Lipinski definition) is 2. The highest BCUT2D eigenvalue weighted by Gasteiger charge is 2.27. The first-order chi connectivity index (χ1) is 11.4. The summed E-state index contributed by atoms with van der Waals surface area (Å²) in [5, 5.41) is 2.58.